The number of hydrogen-bond donors (Lipinski definition) is 2. The Morgan fingerprint density at radius 1 is 1.09 bits per heavy atom. The molecule has 4 rings (SSSR count). The van der Waals surface area contributed by atoms with Gasteiger partial charge in [0.1, 0.15) is 0 Å². The van der Waals surface area contributed by atoms with Crippen LogP contribution in [0.25, 0.3) is 0 Å². The number of hydrogen-bond acceptors (Lipinski definition) is 7. The zero-order valence-corrected chi connectivity index (χ0v) is 20.1. The average molecular weight is 487 g/mol. The summed E-state index contributed by atoms with van der Waals surface area (Å²) in [5.74, 6) is 0.0266. The number of nitrogens with one attached hydrogen (secondary N) is 2. The number of nitrogens with zero attached hydrogens (tertiary/aromatic N) is 6. The lowest BCUT2D eigenvalue weighted by molar-refractivity contribution is 0.176. The highest BCUT2D eigenvalue weighted by atomic mass is 32.2. The fourth-order valence-electron chi connectivity index (χ4n) is 3.50. The number of benzene rings is 1. The summed E-state index contributed by atoms with van der Waals surface area (Å²) in [5.41, 5.74) is 3.16. The van der Waals surface area contributed by atoms with Crippen molar-refractivity contribution in [1.82, 2.24) is 29.5 Å². The van der Waals surface area contributed by atoms with E-state index in [2.05, 4.69) is 41.8 Å². The molecule has 0 bridgehead atoms. The highest BCUT2D eigenvalue weighted by Gasteiger charge is 2.21. The molecule has 1 fully saturated rings. The topological polar surface area (TPSA) is 108 Å². The molecule has 1 aliphatic heterocycles. The van der Waals surface area contributed by atoms with E-state index in [0.29, 0.717) is 5.11 Å². The van der Waals surface area contributed by atoms with Gasteiger partial charge >= 0.3 is 0 Å². The summed E-state index contributed by atoms with van der Waals surface area (Å²) in [6, 6.07) is 8.03. The molecule has 0 unspecified atom stereocenters. The van der Waals surface area contributed by atoms with Gasteiger partial charge in [0.05, 0.1) is 11.1 Å². The molecule has 0 amide bonds. The molecule has 2 aromatic heterocycles. The maximum atomic E-state index is 12.5. The smallest absolute Gasteiger partial charge is 0.264 e. The van der Waals surface area contributed by atoms with Crippen LogP contribution in [0.5, 0.6) is 0 Å². The van der Waals surface area contributed by atoms with E-state index in [0.717, 1.165) is 38.4 Å². The standard InChI is InChI=1S/C21H26N8O2S2/c1-16-17(14-24-27(16)2)15-28-10-12-29(13-11-28)21(32)25-18-4-6-19(7-5-18)33(30,31)26-20-22-8-3-9-23-20/h3-9,14H,10-13,15H2,1-2H3,(H,25,32)(H,22,23,26). The lowest BCUT2D eigenvalue weighted by atomic mass is 10.2. The van der Waals surface area contributed by atoms with Crippen LogP contribution in [0.1, 0.15) is 11.3 Å². The van der Waals surface area contributed by atoms with E-state index in [4.69, 9.17) is 12.2 Å². The third-order valence-electron chi connectivity index (χ3n) is 5.60. The van der Waals surface area contributed by atoms with Crippen molar-refractivity contribution in [1.29, 1.82) is 0 Å². The third kappa shape index (κ3) is 5.64. The second-order valence-electron chi connectivity index (χ2n) is 7.77. The Labute approximate surface area is 198 Å². The van der Waals surface area contributed by atoms with Gasteiger partial charge in [-0.15, -0.1) is 0 Å². The van der Waals surface area contributed by atoms with Crippen molar-refractivity contribution in [2.45, 2.75) is 18.4 Å². The fraction of sp³-hybridized carbons (Fsp3) is 0.333. The number of piperazine rings is 1. The van der Waals surface area contributed by atoms with E-state index < -0.39 is 10.0 Å². The van der Waals surface area contributed by atoms with Crippen molar-refractivity contribution in [2.75, 3.05) is 36.2 Å². The molecule has 0 aliphatic carbocycles. The minimum atomic E-state index is -3.77. The quantitative estimate of drug-likeness (QED) is 0.505. The van der Waals surface area contributed by atoms with Crippen LogP contribution in [0.15, 0.2) is 53.8 Å². The molecule has 0 atom stereocenters. The highest BCUT2D eigenvalue weighted by Crippen LogP contribution is 2.18. The Morgan fingerprint density at radius 2 is 1.76 bits per heavy atom. The first kappa shape index (κ1) is 23.1. The predicted molar refractivity (Wildman–Crippen MR) is 130 cm³/mol. The molecule has 1 aromatic carbocycles. The van der Waals surface area contributed by atoms with Crippen LogP contribution in [0.3, 0.4) is 0 Å². The Morgan fingerprint density at radius 3 is 2.36 bits per heavy atom. The van der Waals surface area contributed by atoms with Crippen molar-refractivity contribution in [3.05, 3.63) is 60.2 Å². The minimum absolute atomic E-state index is 0.0266. The Kier molecular flexibility index (Phi) is 6.86. The molecular formula is C21H26N8O2S2. The molecule has 12 heteroatoms. The first-order valence-electron chi connectivity index (χ1n) is 10.5. The summed E-state index contributed by atoms with van der Waals surface area (Å²) >= 11 is 5.58. The van der Waals surface area contributed by atoms with Gasteiger partial charge < -0.3 is 10.2 Å². The van der Waals surface area contributed by atoms with E-state index in [1.54, 1.807) is 18.2 Å². The van der Waals surface area contributed by atoms with Crippen molar-refractivity contribution < 1.29 is 8.42 Å². The predicted octanol–water partition coefficient (Wildman–Crippen LogP) is 1.83. The lowest BCUT2D eigenvalue weighted by Crippen LogP contribution is -2.49. The molecule has 1 aliphatic rings. The van der Waals surface area contributed by atoms with Gasteiger partial charge in [-0.3, -0.25) is 9.58 Å². The van der Waals surface area contributed by atoms with Crippen LogP contribution in [0.2, 0.25) is 0 Å². The van der Waals surface area contributed by atoms with Crippen molar-refractivity contribution in [2.24, 2.45) is 7.05 Å². The number of thiocarbonyl (C=S) groups is 1. The van der Waals surface area contributed by atoms with E-state index in [-0.39, 0.29) is 10.8 Å². The second kappa shape index (κ2) is 9.81. The van der Waals surface area contributed by atoms with Crippen LogP contribution in [0.4, 0.5) is 11.6 Å². The summed E-state index contributed by atoms with van der Waals surface area (Å²) in [4.78, 5) is 12.4. The highest BCUT2D eigenvalue weighted by molar-refractivity contribution is 7.92. The van der Waals surface area contributed by atoms with Gasteiger partial charge in [-0.2, -0.15) is 5.10 Å². The number of sulfonamides is 1. The zero-order valence-electron chi connectivity index (χ0n) is 18.5. The van der Waals surface area contributed by atoms with Gasteiger partial charge in [0.2, 0.25) is 5.95 Å². The monoisotopic (exact) mass is 486 g/mol. The number of anilines is 2. The summed E-state index contributed by atoms with van der Waals surface area (Å²) in [7, 11) is -1.81. The first-order chi connectivity index (χ1) is 15.8. The fourth-order valence-corrected chi connectivity index (χ4v) is 4.76. The maximum Gasteiger partial charge on any atom is 0.264 e. The minimum Gasteiger partial charge on any atom is -0.346 e. The Balaban J connectivity index is 1.29. The van der Waals surface area contributed by atoms with Gasteiger partial charge in [-0.1, -0.05) is 0 Å². The van der Waals surface area contributed by atoms with Gasteiger partial charge in [0, 0.05) is 69.1 Å². The second-order valence-corrected chi connectivity index (χ2v) is 9.84. The molecule has 0 spiro atoms. The van der Waals surface area contributed by atoms with Gasteiger partial charge in [-0.25, -0.2) is 23.1 Å². The molecule has 0 saturated carbocycles. The normalized spacial score (nSPS) is 14.8. The molecule has 0 radical (unpaired) electrons. The molecular weight excluding hydrogens is 460 g/mol. The van der Waals surface area contributed by atoms with Gasteiger partial charge in [-0.05, 0) is 49.5 Å². The summed E-state index contributed by atoms with van der Waals surface area (Å²) in [6.45, 7) is 6.41. The molecule has 174 valence electrons. The first-order valence-corrected chi connectivity index (χ1v) is 12.4. The van der Waals surface area contributed by atoms with Gasteiger partial charge in [0.15, 0.2) is 5.11 Å². The number of rotatable bonds is 6. The molecule has 3 aromatic rings. The summed E-state index contributed by atoms with van der Waals surface area (Å²) < 4.78 is 29.3. The van der Waals surface area contributed by atoms with Gasteiger partial charge in [0.25, 0.3) is 10.0 Å². The molecule has 1 saturated heterocycles. The molecule has 2 N–H and O–H groups in total. The Hall–Kier alpha value is -3.09. The van der Waals surface area contributed by atoms with Crippen molar-refractivity contribution in [3.8, 4) is 0 Å². The molecule has 3 heterocycles. The van der Waals surface area contributed by atoms with Crippen LogP contribution in [0, 0.1) is 6.92 Å². The average Bonchev–Trinajstić information content (AvgIpc) is 3.12. The van der Waals surface area contributed by atoms with E-state index in [9.17, 15) is 8.42 Å². The SMILES string of the molecule is Cc1c(CN2CCN(C(=S)Nc3ccc(S(=O)(=O)Nc4ncccn4)cc3)CC2)cnn1C. The van der Waals surface area contributed by atoms with Crippen LogP contribution in [-0.4, -0.2) is 69.3 Å². The number of aromatic nitrogens is 4. The maximum absolute atomic E-state index is 12.5. The lowest BCUT2D eigenvalue weighted by Gasteiger charge is -2.36. The van der Waals surface area contributed by atoms with Crippen molar-refractivity contribution in [3.63, 3.8) is 0 Å². The summed E-state index contributed by atoms with van der Waals surface area (Å²) in [5, 5.41) is 8.14. The van der Waals surface area contributed by atoms with Crippen LogP contribution < -0.4 is 10.0 Å². The van der Waals surface area contributed by atoms with Crippen LogP contribution in [-0.2, 0) is 23.6 Å². The third-order valence-corrected chi connectivity index (χ3v) is 7.30. The zero-order chi connectivity index (χ0) is 23.4. The summed E-state index contributed by atoms with van der Waals surface area (Å²) in [6.07, 6.45) is 4.87. The van der Waals surface area contributed by atoms with E-state index in [1.165, 1.54) is 35.8 Å². The van der Waals surface area contributed by atoms with E-state index in [1.807, 2.05) is 17.9 Å². The van der Waals surface area contributed by atoms with E-state index >= 15 is 0 Å². The van der Waals surface area contributed by atoms with Crippen molar-refractivity contribution >= 4 is 39.0 Å². The largest absolute Gasteiger partial charge is 0.346 e. The molecule has 10 nitrogen and oxygen atoms in total. The number of aryl methyl sites for hydroxylation is 1. The Bertz CT molecular complexity index is 1200. The molecule has 33 heavy (non-hydrogen) atoms. The van der Waals surface area contributed by atoms with Crippen LogP contribution >= 0.6 is 12.2 Å².